The van der Waals surface area contributed by atoms with Gasteiger partial charge >= 0.3 is 0 Å². The van der Waals surface area contributed by atoms with Crippen molar-refractivity contribution in [3.8, 4) is 0 Å². The first kappa shape index (κ1) is 18.2. The van der Waals surface area contributed by atoms with Crippen LogP contribution in [-0.2, 0) is 19.3 Å². The summed E-state index contributed by atoms with van der Waals surface area (Å²) in [5.41, 5.74) is 12.1. The molecule has 0 saturated heterocycles. The first-order valence-corrected chi connectivity index (χ1v) is 11.3. The summed E-state index contributed by atoms with van der Waals surface area (Å²) in [6.45, 7) is 9.64. The molecule has 0 heterocycles. The number of allylic oxidation sites excluding steroid dienone is 4. The van der Waals surface area contributed by atoms with E-state index in [1.807, 2.05) is 0 Å². The summed E-state index contributed by atoms with van der Waals surface area (Å²) in [6, 6.07) is 2.60. The van der Waals surface area contributed by atoms with Crippen LogP contribution in [0.2, 0.25) is 0 Å². The van der Waals surface area contributed by atoms with Gasteiger partial charge in [-0.3, -0.25) is 0 Å². The molecule has 1 fully saturated rings. The highest BCUT2D eigenvalue weighted by atomic mass is 14.3. The highest BCUT2D eigenvalue weighted by molar-refractivity contribution is 5.49. The fourth-order valence-electron chi connectivity index (χ4n) is 6.13. The Bertz CT molecular complexity index is 719. The Morgan fingerprint density at radius 2 is 1.73 bits per heavy atom. The molecule has 0 radical (unpaired) electrons. The van der Waals surface area contributed by atoms with Crippen LogP contribution in [0.4, 0.5) is 0 Å². The van der Waals surface area contributed by atoms with Crippen molar-refractivity contribution in [3.05, 3.63) is 51.1 Å². The Labute approximate surface area is 161 Å². The molecular weight excluding hydrogens is 312 g/mol. The molecule has 3 aliphatic rings. The first-order valence-electron chi connectivity index (χ1n) is 11.3. The van der Waals surface area contributed by atoms with Crippen LogP contribution in [-0.4, -0.2) is 0 Å². The van der Waals surface area contributed by atoms with E-state index in [1.54, 1.807) is 39.0 Å². The molecule has 1 atom stereocenters. The molecule has 26 heavy (non-hydrogen) atoms. The van der Waals surface area contributed by atoms with Crippen molar-refractivity contribution in [1.82, 2.24) is 0 Å². The van der Waals surface area contributed by atoms with E-state index in [2.05, 4.69) is 39.8 Å². The van der Waals surface area contributed by atoms with Gasteiger partial charge in [0.2, 0.25) is 0 Å². The number of fused-ring (bicyclic) bond motifs is 2. The molecule has 0 aromatic heterocycles. The molecule has 4 rings (SSSR count). The van der Waals surface area contributed by atoms with E-state index in [0.717, 1.165) is 0 Å². The third-order valence-corrected chi connectivity index (χ3v) is 7.11. The van der Waals surface area contributed by atoms with Crippen molar-refractivity contribution < 1.29 is 0 Å². The fraction of sp³-hybridized carbons (Fsp3) is 0.654. The van der Waals surface area contributed by atoms with Crippen LogP contribution in [0, 0.1) is 11.8 Å². The maximum absolute atomic E-state index is 2.67. The molecule has 0 N–H and O–H groups in total. The number of aryl methyl sites for hydroxylation is 2. The van der Waals surface area contributed by atoms with E-state index in [1.165, 1.54) is 64.2 Å². The first-order chi connectivity index (χ1) is 12.6. The van der Waals surface area contributed by atoms with Crippen LogP contribution in [0.25, 0.3) is 0 Å². The average molecular weight is 350 g/mol. The van der Waals surface area contributed by atoms with Crippen LogP contribution in [0.5, 0.6) is 0 Å². The zero-order chi connectivity index (χ0) is 18.3. The van der Waals surface area contributed by atoms with Crippen LogP contribution in [0.15, 0.2) is 28.9 Å². The van der Waals surface area contributed by atoms with Gasteiger partial charge in [0.15, 0.2) is 0 Å². The maximum Gasteiger partial charge on any atom is -0.00158 e. The second kappa shape index (κ2) is 7.45. The van der Waals surface area contributed by atoms with Crippen molar-refractivity contribution >= 4 is 0 Å². The summed E-state index contributed by atoms with van der Waals surface area (Å²) < 4.78 is 0. The Morgan fingerprint density at radius 1 is 0.962 bits per heavy atom. The quantitative estimate of drug-likeness (QED) is 0.485. The van der Waals surface area contributed by atoms with Gasteiger partial charge in [0.1, 0.15) is 0 Å². The third-order valence-electron chi connectivity index (χ3n) is 7.11. The minimum Gasteiger partial charge on any atom is -0.195 e. The van der Waals surface area contributed by atoms with Gasteiger partial charge < -0.3 is 0 Å². The fourth-order valence-corrected chi connectivity index (χ4v) is 6.13. The van der Waals surface area contributed by atoms with E-state index >= 15 is 0 Å². The second-order valence-electron chi connectivity index (χ2n) is 9.58. The van der Waals surface area contributed by atoms with Crippen LogP contribution in [0.1, 0.15) is 101 Å². The summed E-state index contributed by atoms with van der Waals surface area (Å²) in [4.78, 5) is 0. The lowest BCUT2D eigenvalue weighted by Gasteiger charge is -2.26. The Morgan fingerprint density at radius 3 is 2.50 bits per heavy atom. The SMILES string of the molecule is CC(C)C1=C2CCCCC2=CC1CCc1c[c-]2c(c1C(C)C)CCCC2. The molecule has 1 aromatic rings. The van der Waals surface area contributed by atoms with Crippen molar-refractivity contribution in [1.29, 1.82) is 0 Å². The van der Waals surface area contributed by atoms with E-state index in [4.69, 9.17) is 0 Å². The van der Waals surface area contributed by atoms with Crippen molar-refractivity contribution in [2.75, 3.05) is 0 Å². The van der Waals surface area contributed by atoms with Gasteiger partial charge in [0, 0.05) is 0 Å². The van der Waals surface area contributed by atoms with Crippen molar-refractivity contribution in [2.24, 2.45) is 11.8 Å². The molecule has 1 saturated carbocycles. The molecular formula is C26H37-. The Kier molecular flexibility index (Phi) is 5.22. The molecule has 0 spiro atoms. The molecule has 0 amide bonds. The summed E-state index contributed by atoms with van der Waals surface area (Å²) in [6.07, 6.45) is 16.2. The smallest absolute Gasteiger partial charge is 0.00158 e. The zero-order valence-corrected chi connectivity index (χ0v) is 17.5. The maximum atomic E-state index is 2.67. The van der Waals surface area contributed by atoms with Gasteiger partial charge in [-0.15, -0.1) is 0 Å². The van der Waals surface area contributed by atoms with Gasteiger partial charge in [0.25, 0.3) is 0 Å². The Hall–Kier alpha value is -1.17. The normalized spacial score (nSPS) is 22.8. The van der Waals surface area contributed by atoms with Crippen molar-refractivity contribution in [3.63, 3.8) is 0 Å². The number of hydrogen-bond donors (Lipinski definition) is 0. The van der Waals surface area contributed by atoms with Gasteiger partial charge in [-0.1, -0.05) is 83.8 Å². The average Bonchev–Trinajstić information content (AvgIpc) is 3.17. The van der Waals surface area contributed by atoms with Crippen LogP contribution < -0.4 is 0 Å². The minimum absolute atomic E-state index is 0.680. The highest BCUT2D eigenvalue weighted by Gasteiger charge is 2.29. The predicted octanol–water partition coefficient (Wildman–Crippen LogP) is 7.42. The second-order valence-corrected chi connectivity index (χ2v) is 9.58. The lowest BCUT2D eigenvalue weighted by atomic mass is 9.83. The molecule has 142 valence electrons. The summed E-state index contributed by atoms with van der Waals surface area (Å²) in [7, 11) is 0. The van der Waals surface area contributed by atoms with E-state index in [0.29, 0.717) is 17.8 Å². The van der Waals surface area contributed by atoms with Crippen LogP contribution >= 0.6 is 0 Å². The van der Waals surface area contributed by atoms with Gasteiger partial charge in [-0.25, -0.2) is 0 Å². The molecule has 3 aliphatic carbocycles. The third kappa shape index (κ3) is 3.25. The van der Waals surface area contributed by atoms with E-state index in [9.17, 15) is 0 Å². The van der Waals surface area contributed by atoms with E-state index in [-0.39, 0.29) is 0 Å². The van der Waals surface area contributed by atoms with Crippen molar-refractivity contribution in [2.45, 2.75) is 97.8 Å². The molecule has 0 aliphatic heterocycles. The summed E-state index contributed by atoms with van der Waals surface area (Å²) in [5.74, 6) is 2.10. The Balaban J connectivity index is 1.57. The standard InChI is InChI=1S/C26H37/c1-17(2)25-21(15-19-9-5-7-11-23(19)25)13-14-22-16-20-10-6-8-12-24(20)26(22)18(3)4/h15-18,21H,5-14H2,1-4H3/q-1. The van der Waals surface area contributed by atoms with Gasteiger partial charge in [-0.2, -0.15) is 28.3 Å². The largest absolute Gasteiger partial charge is 0.195 e. The number of rotatable bonds is 5. The van der Waals surface area contributed by atoms with Gasteiger partial charge in [-0.05, 0) is 48.7 Å². The molecule has 0 nitrogen and oxygen atoms in total. The molecule has 1 aromatic carbocycles. The minimum atomic E-state index is 0.680. The lowest BCUT2D eigenvalue weighted by molar-refractivity contribution is 0.584. The topological polar surface area (TPSA) is 0 Å². The van der Waals surface area contributed by atoms with E-state index < -0.39 is 0 Å². The molecule has 0 bridgehead atoms. The summed E-state index contributed by atoms with van der Waals surface area (Å²) >= 11 is 0. The summed E-state index contributed by atoms with van der Waals surface area (Å²) in [5, 5.41) is 0. The molecule has 0 heteroatoms. The highest BCUT2D eigenvalue weighted by Crippen LogP contribution is 2.45. The number of hydrogen-bond acceptors (Lipinski definition) is 0. The predicted molar refractivity (Wildman–Crippen MR) is 113 cm³/mol. The van der Waals surface area contributed by atoms with Gasteiger partial charge in [0.05, 0.1) is 0 Å². The monoisotopic (exact) mass is 349 g/mol. The molecule has 1 unspecified atom stereocenters. The lowest BCUT2D eigenvalue weighted by Crippen LogP contribution is -2.09. The van der Waals surface area contributed by atoms with Crippen LogP contribution in [0.3, 0.4) is 0 Å². The zero-order valence-electron chi connectivity index (χ0n) is 17.5.